The molecule has 0 saturated heterocycles. The van der Waals surface area contributed by atoms with Gasteiger partial charge in [-0.3, -0.25) is 9.78 Å². The van der Waals surface area contributed by atoms with Crippen LogP contribution in [0.3, 0.4) is 0 Å². The molecule has 0 spiro atoms. The van der Waals surface area contributed by atoms with Crippen LogP contribution < -0.4 is 5.43 Å². The Morgan fingerprint density at radius 3 is 2.44 bits per heavy atom. The number of hydrogen-bond acceptors (Lipinski definition) is 3. The molecule has 4 aliphatic rings. The standard InChI is InChI=1S/C23H25N3O/c27-21(19-6-8-24-9-7-19)26-25-16-22-11-17-10-18(12-22)14-23(13-17,15-22)20-4-2-1-3-5-20/h1-9,16-18H,10-15H2,(H,26,27)/b25-16+. The van der Waals surface area contributed by atoms with E-state index in [2.05, 4.69) is 52.1 Å². The van der Waals surface area contributed by atoms with Crippen LogP contribution in [0.1, 0.15) is 54.4 Å². The highest BCUT2D eigenvalue weighted by Crippen LogP contribution is 2.65. The predicted molar refractivity (Wildman–Crippen MR) is 105 cm³/mol. The summed E-state index contributed by atoms with van der Waals surface area (Å²) in [4.78, 5) is 16.2. The van der Waals surface area contributed by atoms with Crippen LogP contribution in [0.5, 0.6) is 0 Å². The lowest BCUT2D eigenvalue weighted by Crippen LogP contribution is -2.54. The second-order valence-corrected chi connectivity index (χ2v) is 8.90. The van der Waals surface area contributed by atoms with Crippen LogP contribution >= 0.6 is 0 Å². The molecule has 1 heterocycles. The number of nitrogens with zero attached hydrogens (tertiary/aromatic N) is 2. The third kappa shape index (κ3) is 2.97. The molecular formula is C23H25N3O. The van der Waals surface area contributed by atoms with Gasteiger partial charge in [0.25, 0.3) is 5.91 Å². The molecular weight excluding hydrogens is 334 g/mol. The highest BCUT2D eigenvalue weighted by molar-refractivity contribution is 5.94. The van der Waals surface area contributed by atoms with Gasteiger partial charge in [-0.15, -0.1) is 0 Å². The van der Waals surface area contributed by atoms with Crippen molar-refractivity contribution in [1.82, 2.24) is 10.4 Å². The summed E-state index contributed by atoms with van der Waals surface area (Å²) >= 11 is 0. The van der Waals surface area contributed by atoms with Crippen molar-refractivity contribution in [3.63, 3.8) is 0 Å². The van der Waals surface area contributed by atoms with E-state index >= 15 is 0 Å². The first-order valence-electron chi connectivity index (χ1n) is 9.97. The second-order valence-electron chi connectivity index (χ2n) is 8.90. The van der Waals surface area contributed by atoms with Crippen molar-refractivity contribution in [2.75, 3.05) is 0 Å². The number of aromatic nitrogens is 1. The van der Waals surface area contributed by atoms with Crippen molar-refractivity contribution in [2.24, 2.45) is 22.4 Å². The van der Waals surface area contributed by atoms with Gasteiger partial charge in [0.15, 0.2) is 0 Å². The van der Waals surface area contributed by atoms with Crippen LogP contribution in [0, 0.1) is 17.3 Å². The topological polar surface area (TPSA) is 54.4 Å². The van der Waals surface area contributed by atoms with Crippen molar-refractivity contribution in [1.29, 1.82) is 0 Å². The maximum absolute atomic E-state index is 12.3. The molecule has 27 heavy (non-hydrogen) atoms. The highest BCUT2D eigenvalue weighted by atomic mass is 16.2. The molecule has 1 amide bonds. The summed E-state index contributed by atoms with van der Waals surface area (Å²) in [7, 11) is 0. The Kier molecular flexibility index (Phi) is 3.88. The molecule has 1 N–H and O–H groups in total. The number of nitrogens with one attached hydrogen (secondary N) is 1. The average Bonchev–Trinajstić information content (AvgIpc) is 2.68. The molecule has 4 heteroatoms. The molecule has 138 valence electrons. The Balaban J connectivity index is 1.37. The number of pyridine rings is 1. The molecule has 2 aromatic rings. The molecule has 0 aliphatic heterocycles. The summed E-state index contributed by atoms with van der Waals surface area (Å²) in [5.74, 6) is 1.40. The summed E-state index contributed by atoms with van der Waals surface area (Å²) in [5, 5.41) is 4.42. The van der Waals surface area contributed by atoms with Crippen LogP contribution in [0.4, 0.5) is 0 Å². The van der Waals surface area contributed by atoms with Crippen LogP contribution in [-0.4, -0.2) is 17.1 Å². The minimum atomic E-state index is -0.170. The zero-order valence-electron chi connectivity index (χ0n) is 15.5. The van der Waals surface area contributed by atoms with Gasteiger partial charge in [0.1, 0.15) is 0 Å². The van der Waals surface area contributed by atoms with Gasteiger partial charge < -0.3 is 0 Å². The summed E-state index contributed by atoms with van der Waals surface area (Å²) in [6.07, 6.45) is 12.9. The van der Waals surface area contributed by atoms with Gasteiger partial charge in [-0.1, -0.05) is 30.3 Å². The maximum Gasteiger partial charge on any atom is 0.271 e. The lowest BCUT2D eigenvalue weighted by molar-refractivity contribution is -0.0326. The van der Waals surface area contributed by atoms with E-state index in [-0.39, 0.29) is 11.3 Å². The summed E-state index contributed by atoms with van der Waals surface area (Å²) in [5.41, 5.74) is 5.25. The van der Waals surface area contributed by atoms with Gasteiger partial charge in [0.2, 0.25) is 0 Å². The molecule has 2 unspecified atom stereocenters. The number of carbonyl (C=O) groups excluding carboxylic acids is 1. The Bertz CT molecular complexity index is 848. The van der Waals surface area contributed by atoms with Crippen molar-refractivity contribution >= 4 is 12.1 Å². The molecule has 1 aromatic carbocycles. The smallest absolute Gasteiger partial charge is 0.267 e. The predicted octanol–water partition coefficient (Wildman–Crippen LogP) is 4.34. The van der Waals surface area contributed by atoms with Crippen LogP contribution in [-0.2, 0) is 5.41 Å². The highest BCUT2D eigenvalue weighted by Gasteiger charge is 2.57. The first kappa shape index (κ1) is 16.7. The monoisotopic (exact) mass is 359 g/mol. The van der Waals surface area contributed by atoms with E-state index in [1.807, 2.05) is 0 Å². The third-order valence-corrected chi connectivity index (χ3v) is 6.94. The van der Waals surface area contributed by atoms with Gasteiger partial charge in [-0.2, -0.15) is 5.10 Å². The fourth-order valence-electron chi connectivity index (χ4n) is 6.41. The quantitative estimate of drug-likeness (QED) is 0.652. The average molecular weight is 359 g/mol. The van der Waals surface area contributed by atoms with E-state index in [9.17, 15) is 4.79 Å². The maximum atomic E-state index is 12.3. The normalized spacial score (nSPS) is 34.1. The third-order valence-electron chi connectivity index (χ3n) is 6.94. The molecule has 4 nitrogen and oxygen atoms in total. The summed E-state index contributed by atoms with van der Waals surface area (Å²) < 4.78 is 0. The van der Waals surface area contributed by atoms with Gasteiger partial charge in [0, 0.05) is 29.6 Å². The van der Waals surface area contributed by atoms with Crippen LogP contribution in [0.15, 0.2) is 60.0 Å². The zero-order chi connectivity index (χ0) is 18.3. The van der Waals surface area contributed by atoms with Gasteiger partial charge in [-0.05, 0) is 73.5 Å². The zero-order valence-corrected chi connectivity index (χ0v) is 15.5. The van der Waals surface area contributed by atoms with E-state index in [1.165, 1.54) is 37.7 Å². The van der Waals surface area contributed by atoms with Gasteiger partial charge >= 0.3 is 0 Å². The van der Waals surface area contributed by atoms with Crippen molar-refractivity contribution in [2.45, 2.75) is 43.9 Å². The van der Waals surface area contributed by atoms with Gasteiger partial charge in [0.05, 0.1) is 0 Å². The van der Waals surface area contributed by atoms with E-state index in [0.717, 1.165) is 18.3 Å². The van der Waals surface area contributed by atoms with E-state index in [0.29, 0.717) is 11.0 Å². The van der Waals surface area contributed by atoms with E-state index < -0.39 is 0 Å². The fraction of sp³-hybridized carbons (Fsp3) is 0.435. The largest absolute Gasteiger partial charge is 0.271 e. The fourth-order valence-corrected chi connectivity index (χ4v) is 6.41. The molecule has 4 saturated carbocycles. The SMILES string of the molecule is O=C(N/N=C/C12CC3CC(C1)CC(c1ccccc1)(C3)C2)c1ccncc1. The first-order valence-corrected chi connectivity index (χ1v) is 9.97. The van der Waals surface area contributed by atoms with Crippen molar-refractivity contribution < 1.29 is 4.79 Å². The van der Waals surface area contributed by atoms with Crippen LogP contribution in [0.25, 0.3) is 0 Å². The number of rotatable bonds is 4. The minimum absolute atomic E-state index is 0.130. The van der Waals surface area contributed by atoms with E-state index in [4.69, 9.17) is 0 Å². The van der Waals surface area contributed by atoms with Crippen molar-refractivity contribution in [3.05, 3.63) is 66.0 Å². The minimum Gasteiger partial charge on any atom is -0.267 e. The number of hydrogen-bond donors (Lipinski definition) is 1. The molecule has 2 atom stereocenters. The summed E-state index contributed by atoms with van der Waals surface area (Å²) in [6, 6.07) is 14.5. The molecule has 4 aliphatic carbocycles. The first-order chi connectivity index (χ1) is 13.2. The number of benzene rings is 1. The lowest BCUT2D eigenvalue weighted by atomic mass is 9.43. The Labute approximate surface area is 160 Å². The number of amides is 1. The second kappa shape index (κ2) is 6.29. The Morgan fingerprint density at radius 2 is 1.74 bits per heavy atom. The Morgan fingerprint density at radius 1 is 1.04 bits per heavy atom. The van der Waals surface area contributed by atoms with Crippen molar-refractivity contribution in [3.8, 4) is 0 Å². The number of carbonyl (C=O) groups is 1. The molecule has 0 radical (unpaired) electrons. The van der Waals surface area contributed by atoms with Crippen LogP contribution in [0.2, 0.25) is 0 Å². The molecule has 4 fully saturated rings. The number of hydrazone groups is 1. The molecule has 6 rings (SSSR count). The lowest BCUT2D eigenvalue weighted by Gasteiger charge is -2.61. The van der Waals surface area contributed by atoms with E-state index in [1.54, 1.807) is 24.5 Å². The molecule has 1 aromatic heterocycles. The molecule has 4 bridgehead atoms. The Hall–Kier alpha value is -2.49. The summed E-state index contributed by atoms with van der Waals surface area (Å²) in [6.45, 7) is 0. The van der Waals surface area contributed by atoms with Gasteiger partial charge in [-0.25, -0.2) is 5.43 Å².